The van der Waals surface area contributed by atoms with Crippen LogP contribution < -0.4 is 4.74 Å². The summed E-state index contributed by atoms with van der Waals surface area (Å²) < 4.78 is 5.10. The summed E-state index contributed by atoms with van der Waals surface area (Å²) in [6, 6.07) is 14.5. The molecule has 0 fully saturated rings. The molecule has 2 N–H and O–H groups in total. The minimum atomic E-state index is -0.0966. The van der Waals surface area contributed by atoms with Crippen LogP contribution in [0.3, 0.4) is 0 Å². The highest BCUT2D eigenvalue weighted by Gasteiger charge is 2.03. The highest BCUT2D eigenvalue weighted by molar-refractivity contribution is 5.83. The van der Waals surface area contributed by atoms with E-state index in [4.69, 9.17) is 4.74 Å². The number of ether oxygens (including phenoxy) is 1. The SMILES string of the molecule is COc1ccc(/C(=C/c2ccccc2O)CO)cc1. The standard InChI is InChI=1S/C16H16O3/c1-19-15-8-6-12(7-9-15)14(11-17)10-13-4-2-3-5-16(13)18/h2-10,17-18H,11H2,1H3/b14-10+. The van der Waals surface area contributed by atoms with Gasteiger partial charge in [-0.25, -0.2) is 0 Å². The maximum atomic E-state index is 9.74. The molecule has 0 aliphatic rings. The molecule has 0 bridgehead atoms. The van der Waals surface area contributed by atoms with Crippen molar-refractivity contribution in [3.8, 4) is 11.5 Å². The van der Waals surface area contributed by atoms with E-state index in [1.165, 1.54) is 0 Å². The van der Waals surface area contributed by atoms with Gasteiger partial charge in [-0.05, 0) is 35.4 Å². The van der Waals surface area contributed by atoms with Gasteiger partial charge in [0.15, 0.2) is 0 Å². The Bertz CT molecular complexity index is 571. The zero-order valence-corrected chi connectivity index (χ0v) is 10.7. The summed E-state index contributed by atoms with van der Waals surface area (Å²) in [5, 5.41) is 19.2. The van der Waals surface area contributed by atoms with Crippen molar-refractivity contribution in [2.75, 3.05) is 13.7 Å². The highest BCUT2D eigenvalue weighted by Crippen LogP contribution is 2.24. The average Bonchev–Trinajstić information content (AvgIpc) is 2.47. The van der Waals surface area contributed by atoms with Gasteiger partial charge in [-0.3, -0.25) is 0 Å². The number of phenolic OH excluding ortho intramolecular Hbond substituents is 1. The summed E-state index contributed by atoms with van der Waals surface area (Å²) in [5.74, 6) is 0.963. The van der Waals surface area contributed by atoms with Crippen LogP contribution in [0.15, 0.2) is 48.5 Å². The zero-order valence-electron chi connectivity index (χ0n) is 10.7. The molecule has 3 nitrogen and oxygen atoms in total. The summed E-state index contributed by atoms with van der Waals surface area (Å²) in [6.07, 6.45) is 1.77. The fourth-order valence-electron chi connectivity index (χ4n) is 1.82. The monoisotopic (exact) mass is 256 g/mol. The van der Waals surface area contributed by atoms with Gasteiger partial charge in [0, 0.05) is 5.56 Å². The summed E-state index contributed by atoms with van der Waals surface area (Å²) in [4.78, 5) is 0. The van der Waals surface area contributed by atoms with Gasteiger partial charge >= 0.3 is 0 Å². The molecule has 0 aliphatic heterocycles. The molecule has 2 rings (SSSR count). The van der Waals surface area contributed by atoms with Gasteiger partial charge in [-0.15, -0.1) is 0 Å². The maximum Gasteiger partial charge on any atom is 0.122 e. The van der Waals surface area contributed by atoms with Crippen molar-refractivity contribution >= 4 is 11.6 Å². The number of aliphatic hydroxyl groups is 1. The highest BCUT2D eigenvalue weighted by atomic mass is 16.5. The van der Waals surface area contributed by atoms with Crippen molar-refractivity contribution in [3.63, 3.8) is 0 Å². The molecule has 98 valence electrons. The van der Waals surface area contributed by atoms with E-state index in [9.17, 15) is 10.2 Å². The normalized spacial score (nSPS) is 11.4. The Hall–Kier alpha value is -2.26. The van der Waals surface area contributed by atoms with Crippen LogP contribution in [-0.2, 0) is 0 Å². The Morgan fingerprint density at radius 3 is 2.37 bits per heavy atom. The largest absolute Gasteiger partial charge is 0.507 e. The molecular weight excluding hydrogens is 240 g/mol. The van der Waals surface area contributed by atoms with Crippen molar-refractivity contribution in [3.05, 3.63) is 59.7 Å². The average molecular weight is 256 g/mol. The molecule has 0 spiro atoms. The lowest BCUT2D eigenvalue weighted by molar-refractivity contribution is 0.350. The molecule has 2 aromatic carbocycles. The number of aromatic hydroxyl groups is 1. The summed E-state index contributed by atoms with van der Waals surface area (Å²) in [6.45, 7) is -0.0966. The third kappa shape index (κ3) is 3.14. The van der Waals surface area contributed by atoms with E-state index in [-0.39, 0.29) is 12.4 Å². The van der Waals surface area contributed by atoms with Gasteiger partial charge in [0.25, 0.3) is 0 Å². The van der Waals surface area contributed by atoms with Crippen LogP contribution in [0.4, 0.5) is 0 Å². The van der Waals surface area contributed by atoms with E-state index in [0.29, 0.717) is 5.56 Å². The van der Waals surface area contributed by atoms with Crippen molar-refractivity contribution < 1.29 is 14.9 Å². The second-order valence-electron chi connectivity index (χ2n) is 4.12. The van der Waals surface area contributed by atoms with Crippen molar-refractivity contribution in [1.82, 2.24) is 0 Å². The molecule has 0 saturated carbocycles. The van der Waals surface area contributed by atoms with Gasteiger partial charge in [-0.1, -0.05) is 30.3 Å². The van der Waals surface area contributed by atoms with Crippen molar-refractivity contribution in [2.24, 2.45) is 0 Å². The van der Waals surface area contributed by atoms with Gasteiger partial charge in [0.05, 0.1) is 13.7 Å². The van der Waals surface area contributed by atoms with Crippen LogP contribution in [0.25, 0.3) is 11.6 Å². The second kappa shape index (κ2) is 6.07. The first-order chi connectivity index (χ1) is 9.24. The number of phenols is 1. The summed E-state index contributed by atoms with van der Waals surface area (Å²) in [7, 11) is 1.61. The number of hydrogen-bond donors (Lipinski definition) is 2. The molecular formula is C16H16O3. The van der Waals surface area contributed by atoms with E-state index >= 15 is 0 Å². The molecule has 0 aromatic heterocycles. The van der Waals surface area contributed by atoms with Crippen LogP contribution in [0.1, 0.15) is 11.1 Å². The molecule has 0 amide bonds. The third-order valence-corrected chi connectivity index (χ3v) is 2.90. The Labute approximate surface area is 112 Å². The van der Waals surface area contributed by atoms with Gasteiger partial charge < -0.3 is 14.9 Å². The summed E-state index contributed by atoms with van der Waals surface area (Å²) in [5.41, 5.74) is 2.32. The van der Waals surface area contributed by atoms with Crippen LogP contribution in [-0.4, -0.2) is 23.9 Å². The molecule has 0 radical (unpaired) electrons. The number of rotatable bonds is 4. The topological polar surface area (TPSA) is 49.7 Å². The van der Waals surface area contributed by atoms with E-state index in [0.717, 1.165) is 16.9 Å². The molecule has 19 heavy (non-hydrogen) atoms. The Morgan fingerprint density at radius 2 is 1.79 bits per heavy atom. The number of benzene rings is 2. The Kier molecular flexibility index (Phi) is 4.21. The summed E-state index contributed by atoms with van der Waals surface area (Å²) >= 11 is 0. The molecule has 0 atom stereocenters. The Balaban J connectivity index is 2.36. The fourth-order valence-corrected chi connectivity index (χ4v) is 1.82. The number of methoxy groups -OCH3 is 1. The molecule has 0 saturated heterocycles. The lowest BCUT2D eigenvalue weighted by Gasteiger charge is -2.07. The fraction of sp³-hybridized carbons (Fsp3) is 0.125. The molecule has 0 unspecified atom stereocenters. The molecule has 2 aromatic rings. The predicted octanol–water partition coefficient (Wildman–Crippen LogP) is 2.93. The first-order valence-corrected chi connectivity index (χ1v) is 5.98. The minimum absolute atomic E-state index is 0.0966. The molecule has 0 heterocycles. The first-order valence-electron chi connectivity index (χ1n) is 5.98. The van der Waals surface area contributed by atoms with Gasteiger partial charge in [0.2, 0.25) is 0 Å². The smallest absolute Gasteiger partial charge is 0.122 e. The van der Waals surface area contributed by atoms with Gasteiger partial charge in [-0.2, -0.15) is 0 Å². The van der Waals surface area contributed by atoms with E-state index in [1.54, 1.807) is 31.4 Å². The lowest BCUT2D eigenvalue weighted by Crippen LogP contribution is -1.91. The third-order valence-electron chi connectivity index (χ3n) is 2.90. The van der Waals surface area contributed by atoms with Crippen LogP contribution >= 0.6 is 0 Å². The van der Waals surface area contributed by atoms with Crippen molar-refractivity contribution in [2.45, 2.75) is 0 Å². The van der Waals surface area contributed by atoms with Crippen LogP contribution in [0.2, 0.25) is 0 Å². The number of aliphatic hydroxyl groups excluding tert-OH is 1. The molecule has 0 aliphatic carbocycles. The van der Waals surface area contributed by atoms with E-state index in [1.807, 2.05) is 30.3 Å². The second-order valence-corrected chi connectivity index (χ2v) is 4.12. The van der Waals surface area contributed by atoms with Crippen LogP contribution in [0, 0.1) is 0 Å². The minimum Gasteiger partial charge on any atom is -0.507 e. The first kappa shape index (κ1) is 13.2. The van der Waals surface area contributed by atoms with Crippen molar-refractivity contribution in [1.29, 1.82) is 0 Å². The Morgan fingerprint density at radius 1 is 1.11 bits per heavy atom. The predicted molar refractivity (Wildman–Crippen MR) is 76.1 cm³/mol. The molecule has 3 heteroatoms. The quantitative estimate of drug-likeness (QED) is 0.827. The maximum absolute atomic E-state index is 9.74. The van der Waals surface area contributed by atoms with Gasteiger partial charge in [0.1, 0.15) is 11.5 Å². The lowest BCUT2D eigenvalue weighted by atomic mass is 10.0. The van der Waals surface area contributed by atoms with E-state index in [2.05, 4.69) is 0 Å². The number of para-hydroxylation sites is 1. The van der Waals surface area contributed by atoms with E-state index < -0.39 is 0 Å². The zero-order chi connectivity index (χ0) is 13.7. The number of hydrogen-bond acceptors (Lipinski definition) is 3. The van der Waals surface area contributed by atoms with Crippen LogP contribution in [0.5, 0.6) is 11.5 Å².